The molecule has 1 heterocycles. The number of guanidine groups is 1. The molecule has 0 amide bonds. The van der Waals surface area contributed by atoms with E-state index in [0.29, 0.717) is 12.5 Å². The van der Waals surface area contributed by atoms with E-state index in [1.807, 2.05) is 7.05 Å². The van der Waals surface area contributed by atoms with Gasteiger partial charge in [-0.2, -0.15) is 0 Å². The Morgan fingerprint density at radius 1 is 1.22 bits per heavy atom. The van der Waals surface area contributed by atoms with Gasteiger partial charge in [0.25, 0.3) is 0 Å². The smallest absolute Gasteiger partial charge is 0.191 e. The number of hydrogen-bond acceptors (Lipinski definition) is 1. The van der Waals surface area contributed by atoms with Crippen LogP contribution in [0.15, 0.2) is 53.8 Å². The highest BCUT2D eigenvalue weighted by Gasteiger charge is 2.37. The molecule has 0 radical (unpaired) electrons. The first-order valence-electron chi connectivity index (χ1n) is 8.44. The van der Waals surface area contributed by atoms with E-state index in [2.05, 4.69) is 75.9 Å². The first-order valence-corrected chi connectivity index (χ1v) is 8.44. The number of hydrogen-bond donors (Lipinski definition) is 2. The van der Waals surface area contributed by atoms with E-state index in [-0.39, 0.29) is 0 Å². The molecule has 1 aliphatic carbocycles. The van der Waals surface area contributed by atoms with Crippen molar-refractivity contribution in [1.82, 2.24) is 15.2 Å². The average molecular weight is 310 g/mol. The predicted molar refractivity (Wildman–Crippen MR) is 95.5 cm³/mol. The zero-order valence-corrected chi connectivity index (χ0v) is 14.0. The van der Waals surface area contributed by atoms with Gasteiger partial charge < -0.3 is 15.2 Å². The van der Waals surface area contributed by atoms with Crippen molar-refractivity contribution in [3.05, 3.63) is 59.9 Å². The second kappa shape index (κ2) is 7.36. The lowest BCUT2D eigenvalue weighted by molar-refractivity contribution is 0.720. The lowest BCUT2D eigenvalue weighted by Gasteiger charge is -2.11. The molecule has 122 valence electrons. The van der Waals surface area contributed by atoms with Gasteiger partial charge in [-0.1, -0.05) is 30.3 Å². The van der Waals surface area contributed by atoms with Crippen molar-refractivity contribution in [2.24, 2.45) is 18.0 Å². The molecule has 4 nitrogen and oxygen atoms in total. The van der Waals surface area contributed by atoms with E-state index in [1.165, 1.54) is 17.5 Å². The first-order chi connectivity index (χ1) is 11.3. The first kappa shape index (κ1) is 15.7. The third kappa shape index (κ3) is 4.38. The Labute approximate surface area is 138 Å². The zero-order chi connectivity index (χ0) is 16.1. The van der Waals surface area contributed by atoms with E-state index < -0.39 is 0 Å². The molecule has 1 saturated carbocycles. The number of benzene rings is 1. The summed E-state index contributed by atoms with van der Waals surface area (Å²) in [6.45, 7) is 4.68. The molecule has 2 N–H and O–H groups in total. The fraction of sp³-hybridized carbons (Fsp3) is 0.421. The van der Waals surface area contributed by atoms with Crippen LogP contribution < -0.4 is 10.6 Å². The van der Waals surface area contributed by atoms with Crippen LogP contribution in [0.1, 0.15) is 30.4 Å². The summed E-state index contributed by atoms with van der Waals surface area (Å²) in [5, 5.41) is 6.82. The minimum absolute atomic E-state index is 0.709. The summed E-state index contributed by atoms with van der Waals surface area (Å²) in [6, 6.07) is 12.9. The summed E-state index contributed by atoms with van der Waals surface area (Å²) in [4.78, 5) is 4.68. The zero-order valence-electron chi connectivity index (χ0n) is 14.0. The SMILES string of the molecule is CCNC(=NCc1ccn(C)c1)NCC1CC1c1ccccc1. The Morgan fingerprint density at radius 3 is 2.74 bits per heavy atom. The fourth-order valence-electron chi connectivity index (χ4n) is 2.98. The van der Waals surface area contributed by atoms with Gasteiger partial charge in [0.05, 0.1) is 6.54 Å². The lowest BCUT2D eigenvalue weighted by Crippen LogP contribution is -2.38. The molecule has 2 aromatic rings. The van der Waals surface area contributed by atoms with E-state index in [9.17, 15) is 0 Å². The summed E-state index contributed by atoms with van der Waals surface area (Å²) in [6.07, 6.45) is 5.44. The van der Waals surface area contributed by atoms with E-state index in [1.54, 1.807) is 0 Å². The molecule has 1 aromatic heterocycles. The van der Waals surface area contributed by atoms with Crippen LogP contribution >= 0.6 is 0 Å². The van der Waals surface area contributed by atoms with Gasteiger partial charge in [0.15, 0.2) is 5.96 Å². The Hall–Kier alpha value is -2.23. The van der Waals surface area contributed by atoms with Crippen LogP contribution in [0.4, 0.5) is 0 Å². The van der Waals surface area contributed by atoms with Crippen LogP contribution in [0.3, 0.4) is 0 Å². The van der Waals surface area contributed by atoms with E-state index >= 15 is 0 Å². The number of aryl methyl sites for hydroxylation is 1. The number of aromatic nitrogens is 1. The van der Waals surface area contributed by atoms with Gasteiger partial charge in [-0.3, -0.25) is 0 Å². The number of rotatable bonds is 6. The molecule has 3 rings (SSSR count). The average Bonchev–Trinajstić information content (AvgIpc) is 3.24. The molecule has 0 spiro atoms. The molecular weight excluding hydrogens is 284 g/mol. The third-order valence-corrected chi connectivity index (χ3v) is 4.34. The van der Waals surface area contributed by atoms with Crippen molar-refractivity contribution in [2.75, 3.05) is 13.1 Å². The highest BCUT2D eigenvalue weighted by atomic mass is 15.2. The van der Waals surface area contributed by atoms with Crippen molar-refractivity contribution in [3.63, 3.8) is 0 Å². The molecule has 2 atom stereocenters. The molecule has 4 heteroatoms. The van der Waals surface area contributed by atoms with Crippen LogP contribution in [0.5, 0.6) is 0 Å². The maximum Gasteiger partial charge on any atom is 0.191 e. The predicted octanol–water partition coefficient (Wildman–Crippen LogP) is 2.88. The van der Waals surface area contributed by atoms with Crippen molar-refractivity contribution in [2.45, 2.75) is 25.8 Å². The normalized spacial score (nSPS) is 20.3. The standard InChI is InChI=1S/C19H26N4/c1-3-20-19(21-12-15-9-10-23(2)14-15)22-13-17-11-18(17)16-7-5-4-6-8-16/h4-10,14,17-18H,3,11-13H2,1-2H3,(H2,20,21,22). The van der Waals surface area contributed by atoms with Gasteiger partial charge in [-0.25, -0.2) is 4.99 Å². The second-order valence-electron chi connectivity index (χ2n) is 6.27. The van der Waals surface area contributed by atoms with Crippen LogP contribution in [0.25, 0.3) is 0 Å². The Morgan fingerprint density at radius 2 is 2.04 bits per heavy atom. The summed E-state index contributed by atoms with van der Waals surface area (Å²) in [5.74, 6) is 2.34. The highest BCUT2D eigenvalue weighted by Crippen LogP contribution is 2.46. The Kier molecular flexibility index (Phi) is 5.01. The number of nitrogens with one attached hydrogen (secondary N) is 2. The fourth-order valence-corrected chi connectivity index (χ4v) is 2.98. The van der Waals surface area contributed by atoms with Crippen molar-refractivity contribution < 1.29 is 0 Å². The topological polar surface area (TPSA) is 41.4 Å². The van der Waals surface area contributed by atoms with Gasteiger partial charge in [0.2, 0.25) is 0 Å². The molecule has 0 bridgehead atoms. The van der Waals surface area contributed by atoms with Crippen LogP contribution in [-0.2, 0) is 13.6 Å². The van der Waals surface area contributed by atoms with E-state index in [0.717, 1.165) is 25.0 Å². The maximum atomic E-state index is 4.68. The molecule has 23 heavy (non-hydrogen) atoms. The Balaban J connectivity index is 1.50. The minimum Gasteiger partial charge on any atom is -0.357 e. The molecule has 1 aliphatic rings. The van der Waals surface area contributed by atoms with Gasteiger partial charge in [0, 0.05) is 32.5 Å². The quantitative estimate of drug-likeness (QED) is 0.636. The summed E-state index contributed by atoms with van der Waals surface area (Å²) in [7, 11) is 2.04. The largest absolute Gasteiger partial charge is 0.357 e. The number of nitrogens with zero attached hydrogens (tertiary/aromatic N) is 2. The Bertz CT molecular complexity index is 644. The van der Waals surface area contributed by atoms with Crippen LogP contribution in [-0.4, -0.2) is 23.6 Å². The molecule has 1 fully saturated rings. The van der Waals surface area contributed by atoms with Gasteiger partial charge in [-0.15, -0.1) is 0 Å². The highest BCUT2D eigenvalue weighted by molar-refractivity contribution is 5.79. The van der Waals surface area contributed by atoms with Gasteiger partial charge in [-0.05, 0) is 42.4 Å². The third-order valence-electron chi connectivity index (χ3n) is 4.34. The molecule has 0 aliphatic heterocycles. The molecular formula is C19H26N4. The second-order valence-corrected chi connectivity index (χ2v) is 6.27. The molecule has 1 aromatic carbocycles. The van der Waals surface area contributed by atoms with Crippen molar-refractivity contribution >= 4 is 5.96 Å². The van der Waals surface area contributed by atoms with E-state index in [4.69, 9.17) is 0 Å². The lowest BCUT2D eigenvalue weighted by atomic mass is 10.1. The van der Waals surface area contributed by atoms with Crippen LogP contribution in [0, 0.1) is 5.92 Å². The molecule has 2 unspecified atom stereocenters. The summed E-state index contributed by atoms with van der Waals surface area (Å²) >= 11 is 0. The summed E-state index contributed by atoms with van der Waals surface area (Å²) < 4.78 is 2.06. The van der Waals surface area contributed by atoms with Crippen molar-refractivity contribution in [3.8, 4) is 0 Å². The van der Waals surface area contributed by atoms with Gasteiger partial charge in [0.1, 0.15) is 0 Å². The minimum atomic E-state index is 0.709. The van der Waals surface area contributed by atoms with Crippen LogP contribution in [0.2, 0.25) is 0 Å². The molecule has 0 saturated heterocycles. The van der Waals surface area contributed by atoms with Crippen molar-refractivity contribution in [1.29, 1.82) is 0 Å². The summed E-state index contributed by atoms with van der Waals surface area (Å²) in [5.41, 5.74) is 2.70. The van der Waals surface area contributed by atoms with Gasteiger partial charge >= 0.3 is 0 Å². The number of aliphatic imine (C=N–C) groups is 1. The maximum absolute atomic E-state index is 4.68. The monoisotopic (exact) mass is 310 g/mol.